The molecule has 9 nitrogen and oxygen atoms in total. The summed E-state index contributed by atoms with van der Waals surface area (Å²) in [6, 6.07) is 19.0. The molecule has 0 radical (unpaired) electrons. The van der Waals surface area contributed by atoms with Crippen LogP contribution in [0.25, 0.3) is 0 Å². The minimum Gasteiger partial charge on any atom is -0.465 e. The molecular formula is C36H45BrClN3O6. The molecule has 3 amide bonds. The molecule has 3 rings (SSSR count). The van der Waals surface area contributed by atoms with Gasteiger partial charge in [-0.3, -0.25) is 9.59 Å². The molecule has 47 heavy (non-hydrogen) atoms. The predicted molar refractivity (Wildman–Crippen MR) is 189 cm³/mol. The van der Waals surface area contributed by atoms with Crippen LogP contribution in [0.15, 0.2) is 77.3 Å². The first-order chi connectivity index (χ1) is 22.0. The smallest absolute Gasteiger partial charge is 0.408 e. The van der Waals surface area contributed by atoms with Crippen LogP contribution < -0.4 is 20.7 Å². The SMILES string of the molecule is CCC(c1ccccc1)C(NC(=O)C(NC(=O)OC(C)(C)C)c1ccc(O[C@H](C)OC(C)(C)C)cc1)C(=O)Nc1ccc(Br)cc1Cl. The van der Waals surface area contributed by atoms with Crippen molar-refractivity contribution in [3.8, 4) is 5.75 Å². The summed E-state index contributed by atoms with van der Waals surface area (Å²) in [5.41, 5.74) is 0.501. The number of ether oxygens (including phenoxy) is 3. The van der Waals surface area contributed by atoms with E-state index in [4.69, 9.17) is 25.8 Å². The quantitative estimate of drug-likeness (QED) is 0.161. The number of amides is 3. The van der Waals surface area contributed by atoms with Gasteiger partial charge in [-0.05, 0) is 96.3 Å². The Balaban J connectivity index is 1.96. The predicted octanol–water partition coefficient (Wildman–Crippen LogP) is 8.53. The van der Waals surface area contributed by atoms with Gasteiger partial charge in [0.05, 0.1) is 16.3 Å². The first kappa shape index (κ1) is 37.9. The van der Waals surface area contributed by atoms with Gasteiger partial charge in [0.25, 0.3) is 0 Å². The minimum absolute atomic E-state index is 0.333. The summed E-state index contributed by atoms with van der Waals surface area (Å²) in [4.78, 5) is 41.1. The molecule has 0 saturated heterocycles. The lowest BCUT2D eigenvalue weighted by Gasteiger charge is -2.30. The molecule has 0 spiro atoms. The normalized spacial score (nSPS) is 14.3. The number of anilines is 1. The minimum atomic E-state index is -1.21. The molecule has 0 bridgehead atoms. The van der Waals surface area contributed by atoms with E-state index in [9.17, 15) is 14.4 Å². The molecule has 0 aromatic heterocycles. The highest BCUT2D eigenvalue weighted by atomic mass is 79.9. The average molecular weight is 731 g/mol. The van der Waals surface area contributed by atoms with Gasteiger partial charge in [0.2, 0.25) is 11.8 Å². The zero-order valence-corrected chi connectivity index (χ0v) is 30.5. The van der Waals surface area contributed by atoms with Gasteiger partial charge in [0.15, 0.2) is 6.29 Å². The van der Waals surface area contributed by atoms with Crippen molar-refractivity contribution >= 4 is 51.1 Å². The molecule has 0 saturated carbocycles. The Hall–Kier alpha value is -3.60. The standard InChI is InChI=1S/C36H45BrClN3O6/c1-9-27(23-13-11-10-12-14-23)31(33(43)39-29-20-17-25(37)21-28(29)38)40-32(42)30(41-34(44)47-36(6,7)8)24-15-18-26(19-16-24)45-22(2)46-35(3,4)5/h10-22,27,30-31H,9H2,1-8H3,(H,39,43)(H,40,42)(H,41,44)/t22-,27?,30?,31?/m0/s1. The van der Waals surface area contributed by atoms with Crippen molar-refractivity contribution in [2.75, 3.05) is 5.32 Å². The van der Waals surface area contributed by atoms with Gasteiger partial charge < -0.3 is 30.2 Å². The molecule has 3 aromatic rings. The molecule has 0 aliphatic heterocycles. The summed E-state index contributed by atoms with van der Waals surface area (Å²) >= 11 is 9.80. The lowest BCUT2D eigenvalue weighted by atomic mass is 9.88. The number of rotatable bonds is 12. The summed E-state index contributed by atoms with van der Waals surface area (Å²) in [5.74, 6) is -0.964. The maximum Gasteiger partial charge on any atom is 0.408 e. The highest BCUT2D eigenvalue weighted by molar-refractivity contribution is 9.10. The van der Waals surface area contributed by atoms with E-state index in [2.05, 4.69) is 31.9 Å². The van der Waals surface area contributed by atoms with E-state index in [0.29, 0.717) is 28.4 Å². The lowest BCUT2D eigenvalue weighted by Crippen LogP contribution is -2.51. The van der Waals surface area contributed by atoms with Crippen LogP contribution in [0.1, 0.15) is 84.9 Å². The van der Waals surface area contributed by atoms with Gasteiger partial charge in [0, 0.05) is 10.4 Å². The van der Waals surface area contributed by atoms with Gasteiger partial charge in [-0.25, -0.2) is 4.79 Å². The van der Waals surface area contributed by atoms with Crippen LogP contribution in [0.5, 0.6) is 5.75 Å². The van der Waals surface area contributed by atoms with Crippen LogP contribution in [-0.4, -0.2) is 41.4 Å². The lowest BCUT2D eigenvalue weighted by molar-refractivity contribution is -0.140. The number of carbonyl (C=O) groups excluding carboxylic acids is 3. The summed E-state index contributed by atoms with van der Waals surface area (Å²) in [6.07, 6.45) is -0.785. The first-order valence-electron chi connectivity index (χ1n) is 15.5. The fraction of sp³-hybridized carbons (Fsp3) is 0.417. The maximum atomic E-state index is 14.1. The molecule has 4 atom stereocenters. The van der Waals surface area contributed by atoms with Crippen molar-refractivity contribution in [2.45, 2.75) is 97.3 Å². The largest absolute Gasteiger partial charge is 0.465 e. The molecule has 3 unspecified atom stereocenters. The molecule has 3 aromatic carbocycles. The number of hydrogen-bond acceptors (Lipinski definition) is 6. The molecule has 0 fully saturated rings. The second-order valence-electron chi connectivity index (χ2n) is 13.1. The zero-order valence-electron chi connectivity index (χ0n) is 28.2. The van der Waals surface area contributed by atoms with Crippen LogP contribution in [0, 0.1) is 0 Å². The van der Waals surface area contributed by atoms with Crippen molar-refractivity contribution in [1.82, 2.24) is 10.6 Å². The Morgan fingerprint density at radius 2 is 1.47 bits per heavy atom. The topological polar surface area (TPSA) is 115 Å². The van der Waals surface area contributed by atoms with Crippen LogP contribution in [0.4, 0.5) is 10.5 Å². The monoisotopic (exact) mass is 729 g/mol. The highest BCUT2D eigenvalue weighted by Gasteiger charge is 2.34. The molecule has 0 heterocycles. The fourth-order valence-electron chi connectivity index (χ4n) is 4.93. The van der Waals surface area contributed by atoms with E-state index >= 15 is 0 Å². The number of benzene rings is 3. The third kappa shape index (κ3) is 12.2. The van der Waals surface area contributed by atoms with E-state index < -0.39 is 53.4 Å². The fourth-order valence-corrected chi connectivity index (χ4v) is 5.65. The van der Waals surface area contributed by atoms with Crippen LogP contribution in [-0.2, 0) is 19.1 Å². The third-order valence-electron chi connectivity index (χ3n) is 6.80. The molecule has 0 aliphatic carbocycles. The van der Waals surface area contributed by atoms with Crippen LogP contribution >= 0.6 is 27.5 Å². The summed E-state index contributed by atoms with van der Waals surface area (Å²) in [6.45, 7) is 14.7. The second kappa shape index (κ2) is 16.5. The molecule has 3 N–H and O–H groups in total. The zero-order chi connectivity index (χ0) is 34.9. The Morgan fingerprint density at radius 1 is 0.830 bits per heavy atom. The second-order valence-corrected chi connectivity index (χ2v) is 14.4. The van der Waals surface area contributed by atoms with Crippen LogP contribution in [0.3, 0.4) is 0 Å². The van der Waals surface area contributed by atoms with Gasteiger partial charge >= 0.3 is 6.09 Å². The average Bonchev–Trinajstić information content (AvgIpc) is 2.96. The Labute approximate surface area is 291 Å². The van der Waals surface area contributed by atoms with Crippen molar-refractivity contribution in [3.63, 3.8) is 0 Å². The maximum absolute atomic E-state index is 14.1. The third-order valence-corrected chi connectivity index (χ3v) is 7.60. The summed E-state index contributed by atoms with van der Waals surface area (Å²) in [7, 11) is 0. The molecule has 11 heteroatoms. The van der Waals surface area contributed by atoms with E-state index in [-0.39, 0.29) is 0 Å². The van der Waals surface area contributed by atoms with E-state index in [0.717, 1.165) is 10.0 Å². The number of halogens is 2. The Morgan fingerprint density at radius 3 is 2.02 bits per heavy atom. The number of hydrogen-bond donors (Lipinski definition) is 3. The van der Waals surface area contributed by atoms with Crippen molar-refractivity contribution in [3.05, 3.63) is 93.4 Å². The molecule has 254 valence electrons. The summed E-state index contributed by atoms with van der Waals surface area (Å²) in [5, 5.41) is 8.83. The van der Waals surface area contributed by atoms with Crippen molar-refractivity contribution in [1.29, 1.82) is 0 Å². The van der Waals surface area contributed by atoms with Gasteiger partial charge in [0.1, 0.15) is 23.4 Å². The van der Waals surface area contributed by atoms with E-state index in [1.807, 2.05) is 58.0 Å². The highest BCUT2D eigenvalue weighted by Crippen LogP contribution is 2.29. The van der Waals surface area contributed by atoms with E-state index in [1.165, 1.54) is 0 Å². The van der Waals surface area contributed by atoms with Crippen molar-refractivity contribution < 1.29 is 28.6 Å². The van der Waals surface area contributed by atoms with Crippen molar-refractivity contribution in [2.24, 2.45) is 0 Å². The first-order valence-corrected chi connectivity index (χ1v) is 16.7. The molecule has 0 aliphatic rings. The number of alkyl carbamates (subject to hydrolysis) is 1. The van der Waals surface area contributed by atoms with Gasteiger partial charge in [-0.2, -0.15) is 0 Å². The summed E-state index contributed by atoms with van der Waals surface area (Å²) < 4.78 is 18.0. The van der Waals surface area contributed by atoms with Gasteiger partial charge in [-0.15, -0.1) is 0 Å². The number of carbonyl (C=O) groups is 3. The number of nitrogens with one attached hydrogen (secondary N) is 3. The Kier molecular flexibility index (Phi) is 13.3. The van der Waals surface area contributed by atoms with Crippen LogP contribution in [0.2, 0.25) is 5.02 Å². The Bertz CT molecular complexity index is 1510. The van der Waals surface area contributed by atoms with Gasteiger partial charge in [-0.1, -0.05) is 76.9 Å². The van der Waals surface area contributed by atoms with E-state index in [1.54, 1.807) is 70.2 Å². The molecular weight excluding hydrogens is 686 g/mol.